The summed E-state index contributed by atoms with van der Waals surface area (Å²) >= 11 is 5.26. The van der Waals surface area contributed by atoms with Crippen LogP contribution in [-0.4, -0.2) is 10.9 Å². The van der Waals surface area contributed by atoms with Gasteiger partial charge in [-0.05, 0) is 48.9 Å². The molecule has 0 spiro atoms. The van der Waals surface area contributed by atoms with Crippen LogP contribution in [0.5, 0.6) is 0 Å². The van der Waals surface area contributed by atoms with Crippen molar-refractivity contribution in [3.63, 3.8) is 0 Å². The Labute approximate surface area is 114 Å². The van der Waals surface area contributed by atoms with E-state index in [0.717, 1.165) is 15.4 Å². The molecule has 2 aliphatic rings. The van der Waals surface area contributed by atoms with Crippen LogP contribution in [-0.2, 0) is 12.0 Å². The Morgan fingerprint density at radius 3 is 3.18 bits per heavy atom. The molecule has 0 amide bonds. The van der Waals surface area contributed by atoms with Gasteiger partial charge in [0.2, 0.25) is 0 Å². The number of benzene rings is 1. The molecule has 2 unspecified atom stereocenters. The van der Waals surface area contributed by atoms with Gasteiger partial charge in [-0.15, -0.1) is 0 Å². The molecule has 1 heterocycles. The van der Waals surface area contributed by atoms with Crippen molar-refractivity contribution in [1.29, 1.82) is 0 Å². The molecule has 0 radical (unpaired) electrons. The van der Waals surface area contributed by atoms with Crippen molar-refractivity contribution in [2.75, 3.05) is 5.75 Å². The van der Waals surface area contributed by atoms with Crippen LogP contribution in [0.4, 0.5) is 0 Å². The number of hydrogen-bond donors (Lipinski definition) is 1. The van der Waals surface area contributed by atoms with Crippen LogP contribution in [0.25, 0.3) is 0 Å². The van der Waals surface area contributed by atoms with Gasteiger partial charge in [0.05, 0.1) is 5.54 Å². The van der Waals surface area contributed by atoms with E-state index in [4.69, 9.17) is 10.7 Å². The van der Waals surface area contributed by atoms with Crippen LogP contribution in [0, 0.1) is 5.92 Å². The molecule has 1 aromatic carbocycles. The molecule has 1 aromatic rings. The Bertz CT molecular complexity index is 500. The molecule has 1 aliphatic heterocycles. The lowest BCUT2D eigenvalue weighted by atomic mass is 9.71. The predicted octanol–water partition coefficient (Wildman–Crippen LogP) is 3.29. The minimum atomic E-state index is -0.118. The number of nitrogens with two attached hydrogens (primary N) is 1. The van der Waals surface area contributed by atoms with Gasteiger partial charge in [-0.1, -0.05) is 33.8 Å². The van der Waals surface area contributed by atoms with Gasteiger partial charge in [-0.25, -0.2) is 0 Å². The quantitative estimate of drug-likeness (QED) is 0.798. The third-order valence-electron chi connectivity index (χ3n) is 3.95. The summed E-state index contributed by atoms with van der Waals surface area (Å²) in [5.41, 5.74) is 8.58. The Morgan fingerprint density at radius 1 is 1.53 bits per heavy atom. The number of aryl methyl sites for hydroxylation is 1. The van der Waals surface area contributed by atoms with Crippen LogP contribution in [0.15, 0.2) is 27.7 Å². The lowest BCUT2D eigenvalue weighted by Crippen LogP contribution is -2.41. The summed E-state index contributed by atoms with van der Waals surface area (Å²) in [5.74, 6) is 1.71. The maximum atomic E-state index is 5.92. The van der Waals surface area contributed by atoms with E-state index in [1.807, 2.05) is 0 Å². The van der Waals surface area contributed by atoms with Gasteiger partial charge in [0.25, 0.3) is 0 Å². The first-order chi connectivity index (χ1) is 8.09. The minimum absolute atomic E-state index is 0.118. The number of hydrogen-bond acceptors (Lipinski definition) is 3. The van der Waals surface area contributed by atoms with E-state index < -0.39 is 0 Å². The number of amidine groups is 1. The first-order valence-electron chi connectivity index (χ1n) is 5.86. The van der Waals surface area contributed by atoms with E-state index in [-0.39, 0.29) is 5.54 Å². The highest BCUT2D eigenvalue weighted by Gasteiger charge is 2.42. The Balaban J connectivity index is 2.19. The van der Waals surface area contributed by atoms with Gasteiger partial charge >= 0.3 is 0 Å². The number of rotatable bonds is 0. The summed E-state index contributed by atoms with van der Waals surface area (Å²) in [6.07, 6.45) is 2.38. The highest BCUT2D eigenvalue weighted by molar-refractivity contribution is 9.10. The molecular formula is C13H15BrN2S. The number of aliphatic imine (C=N–C) groups is 1. The molecule has 0 saturated carbocycles. The van der Waals surface area contributed by atoms with Crippen LogP contribution >= 0.6 is 27.7 Å². The number of thioether (sulfide) groups is 1. The van der Waals surface area contributed by atoms with E-state index in [1.54, 1.807) is 11.8 Å². The highest BCUT2D eigenvalue weighted by Crippen LogP contribution is 2.47. The second kappa shape index (κ2) is 4.02. The van der Waals surface area contributed by atoms with Gasteiger partial charge in [-0.2, -0.15) is 0 Å². The minimum Gasteiger partial charge on any atom is -0.379 e. The molecular weight excluding hydrogens is 296 g/mol. The summed E-state index contributed by atoms with van der Waals surface area (Å²) < 4.78 is 1.13. The molecule has 2 atom stereocenters. The summed E-state index contributed by atoms with van der Waals surface area (Å²) in [6.45, 7) is 2.23. The van der Waals surface area contributed by atoms with E-state index >= 15 is 0 Å². The fraction of sp³-hybridized carbons (Fsp3) is 0.462. The maximum Gasteiger partial charge on any atom is 0.154 e. The summed E-state index contributed by atoms with van der Waals surface area (Å²) in [7, 11) is 0. The Hall–Kier alpha value is -0.480. The second-order valence-corrected chi connectivity index (χ2v) is 6.90. The topological polar surface area (TPSA) is 38.4 Å². The standard InChI is InChI=1S/C13H15BrN2S/c1-13-9(7-17-12(15)16-13)4-2-8-3-5-10(14)6-11(8)13/h3,5-6,9H,2,4,7H2,1H3,(H2,15,16). The molecule has 0 saturated heterocycles. The number of fused-ring (bicyclic) bond motifs is 3. The second-order valence-electron chi connectivity index (χ2n) is 4.95. The fourth-order valence-corrected chi connectivity index (χ4v) is 4.39. The van der Waals surface area contributed by atoms with Crippen molar-refractivity contribution in [2.24, 2.45) is 16.6 Å². The molecule has 17 heavy (non-hydrogen) atoms. The first kappa shape index (κ1) is 11.6. The third-order valence-corrected chi connectivity index (χ3v) is 5.40. The van der Waals surface area contributed by atoms with Gasteiger partial charge < -0.3 is 5.73 Å². The average Bonchev–Trinajstić information content (AvgIpc) is 2.29. The fourth-order valence-electron chi connectivity index (χ4n) is 2.91. The van der Waals surface area contributed by atoms with E-state index in [9.17, 15) is 0 Å². The summed E-state index contributed by atoms with van der Waals surface area (Å²) in [6, 6.07) is 6.55. The van der Waals surface area contributed by atoms with Gasteiger partial charge in [-0.3, -0.25) is 4.99 Å². The van der Waals surface area contributed by atoms with E-state index in [0.29, 0.717) is 5.92 Å². The van der Waals surface area contributed by atoms with Crippen molar-refractivity contribution in [1.82, 2.24) is 0 Å². The average molecular weight is 311 g/mol. The van der Waals surface area contributed by atoms with Crippen LogP contribution in [0.2, 0.25) is 0 Å². The smallest absolute Gasteiger partial charge is 0.154 e. The zero-order valence-corrected chi connectivity index (χ0v) is 12.1. The zero-order valence-electron chi connectivity index (χ0n) is 9.74. The Morgan fingerprint density at radius 2 is 2.35 bits per heavy atom. The molecule has 0 aromatic heterocycles. The number of nitrogens with zero attached hydrogens (tertiary/aromatic N) is 1. The number of halogens is 1. The molecule has 3 rings (SSSR count). The summed E-state index contributed by atoms with van der Waals surface area (Å²) in [5, 5.41) is 0.733. The molecule has 2 N–H and O–H groups in total. The van der Waals surface area contributed by atoms with Crippen molar-refractivity contribution in [2.45, 2.75) is 25.3 Å². The van der Waals surface area contributed by atoms with Gasteiger partial charge in [0.1, 0.15) is 0 Å². The van der Waals surface area contributed by atoms with E-state index in [2.05, 4.69) is 41.1 Å². The maximum absolute atomic E-state index is 5.92. The van der Waals surface area contributed by atoms with Crippen molar-refractivity contribution < 1.29 is 0 Å². The van der Waals surface area contributed by atoms with Gasteiger partial charge in [0.15, 0.2) is 5.17 Å². The molecule has 4 heteroatoms. The van der Waals surface area contributed by atoms with Crippen LogP contribution < -0.4 is 5.73 Å². The van der Waals surface area contributed by atoms with Crippen LogP contribution in [0.3, 0.4) is 0 Å². The highest BCUT2D eigenvalue weighted by atomic mass is 79.9. The monoisotopic (exact) mass is 310 g/mol. The van der Waals surface area contributed by atoms with Crippen molar-refractivity contribution in [3.05, 3.63) is 33.8 Å². The SMILES string of the molecule is CC12N=C(N)SCC1CCc1ccc(Br)cc12. The predicted molar refractivity (Wildman–Crippen MR) is 77.4 cm³/mol. The van der Waals surface area contributed by atoms with Crippen LogP contribution in [0.1, 0.15) is 24.5 Å². The van der Waals surface area contributed by atoms with Crippen molar-refractivity contribution >= 4 is 32.9 Å². The summed E-state index contributed by atoms with van der Waals surface area (Å²) in [4.78, 5) is 4.76. The molecule has 2 nitrogen and oxygen atoms in total. The lowest BCUT2D eigenvalue weighted by Gasteiger charge is -2.42. The molecule has 1 aliphatic carbocycles. The lowest BCUT2D eigenvalue weighted by molar-refractivity contribution is 0.291. The molecule has 90 valence electrons. The normalized spacial score (nSPS) is 31.4. The Kier molecular flexibility index (Phi) is 2.75. The van der Waals surface area contributed by atoms with Gasteiger partial charge in [0, 0.05) is 10.2 Å². The molecule has 0 bridgehead atoms. The first-order valence-corrected chi connectivity index (χ1v) is 7.64. The third kappa shape index (κ3) is 1.82. The van der Waals surface area contributed by atoms with E-state index in [1.165, 1.54) is 24.0 Å². The van der Waals surface area contributed by atoms with Crippen molar-refractivity contribution in [3.8, 4) is 0 Å². The zero-order chi connectivity index (χ0) is 12.0. The molecule has 0 fully saturated rings. The largest absolute Gasteiger partial charge is 0.379 e.